The van der Waals surface area contributed by atoms with Gasteiger partial charge in [0.1, 0.15) is 23.2 Å². The number of amides is 1. The van der Waals surface area contributed by atoms with Crippen LogP contribution in [0.25, 0.3) is 10.2 Å². The molecule has 4 rings (SSSR count). The molecular formula is C15H15N5O2S. The lowest BCUT2D eigenvalue weighted by atomic mass is 10.2. The van der Waals surface area contributed by atoms with E-state index in [0.29, 0.717) is 18.8 Å². The van der Waals surface area contributed by atoms with Crippen molar-refractivity contribution in [2.75, 3.05) is 31.1 Å². The monoisotopic (exact) mass is 329 g/mol. The van der Waals surface area contributed by atoms with Gasteiger partial charge in [0.15, 0.2) is 5.69 Å². The quantitative estimate of drug-likeness (QED) is 0.715. The number of hydrogen-bond acceptors (Lipinski definition) is 7. The van der Waals surface area contributed by atoms with Crippen LogP contribution in [0.4, 0.5) is 5.82 Å². The summed E-state index contributed by atoms with van der Waals surface area (Å²) in [6, 6.07) is 3.72. The summed E-state index contributed by atoms with van der Waals surface area (Å²) in [4.78, 5) is 27.3. The van der Waals surface area contributed by atoms with Crippen molar-refractivity contribution in [1.82, 2.24) is 20.0 Å². The number of piperazine rings is 1. The highest BCUT2D eigenvalue weighted by atomic mass is 32.1. The third kappa shape index (κ3) is 2.55. The van der Waals surface area contributed by atoms with E-state index in [2.05, 4.69) is 33.0 Å². The number of aryl methyl sites for hydroxylation is 1. The van der Waals surface area contributed by atoms with Crippen molar-refractivity contribution in [1.29, 1.82) is 0 Å². The van der Waals surface area contributed by atoms with E-state index in [1.165, 1.54) is 11.1 Å². The van der Waals surface area contributed by atoms with Gasteiger partial charge in [0.05, 0.1) is 5.39 Å². The molecule has 0 atom stereocenters. The molecule has 0 unspecified atom stereocenters. The van der Waals surface area contributed by atoms with Crippen LogP contribution in [-0.4, -0.2) is 52.1 Å². The molecule has 1 amide bonds. The van der Waals surface area contributed by atoms with Crippen LogP contribution in [0.15, 0.2) is 29.2 Å². The van der Waals surface area contributed by atoms with Gasteiger partial charge in [-0.2, -0.15) is 0 Å². The van der Waals surface area contributed by atoms with Gasteiger partial charge in [0.25, 0.3) is 5.91 Å². The second-order valence-corrected chi connectivity index (χ2v) is 6.67. The number of thiophene rings is 1. The highest BCUT2D eigenvalue weighted by Gasteiger charge is 2.25. The van der Waals surface area contributed by atoms with Crippen LogP contribution < -0.4 is 4.90 Å². The lowest BCUT2D eigenvalue weighted by molar-refractivity contribution is 0.0736. The molecule has 0 aliphatic carbocycles. The van der Waals surface area contributed by atoms with Crippen molar-refractivity contribution in [2.45, 2.75) is 6.92 Å². The summed E-state index contributed by atoms with van der Waals surface area (Å²) in [5.41, 5.74) is 0.358. The maximum Gasteiger partial charge on any atom is 0.276 e. The van der Waals surface area contributed by atoms with Crippen molar-refractivity contribution in [2.24, 2.45) is 0 Å². The number of carbonyl (C=O) groups excluding carboxylic acids is 1. The number of nitrogens with zero attached hydrogens (tertiary/aromatic N) is 5. The van der Waals surface area contributed by atoms with Crippen LogP contribution in [0.1, 0.15) is 15.4 Å². The lowest BCUT2D eigenvalue weighted by Crippen LogP contribution is -2.49. The zero-order valence-electron chi connectivity index (χ0n) is 12.6. The first-order valence-electron chi connectivity index (χ1n) is 7.38. The van der Waals surface area contributed by atoms with E-state index in [0.717, 1.165) is 29.1 Å². The first-order valence-corrected chi connectivity index (χ1v) is 8.20. The third-order valence-corrected chi connectivity index (χ3v) is 4.91. The van der Waals surface area contributed by atoms with E-state index in [-0.39, 0.29) is 5.91 Å². The maximum absolute atomic E-state index is 12.3. The molecule has 23 heavy (non-hydrogen) atoms. The molecule has 3 aromatic rings. The molecule has 1 saturated heterocycles. The Labute approximate surface area is 136 Å². The van der Waals surface area contributed by atoms with E-state index in [9.17, 15) is 4.79 Å². The van der Waals surface area contributed by atoms with Crippen LogP contribution in [-0.2, 0) is 0 Å². The minimum atomic E-state index is -0.0855. The number of fused-ring (bicyclic) bond motifs is 1. The summed E-state index contributed by atoms with van der Waals surface area (Å²) < 4.78 is 4.74. The van der Waals surface area contributed by atoms with E-state index < -0.39 is 0 Å². The molecule has 7 nitrogen and oxygen atoms in total. The van der Waals surface area contributed by atoms with E-state index >= 15 is 0 Å². The Hall–Kier alpha value is -2.48. The normalized spacial score (nSPS) is 15.3. The zero-order valence-corrected chi connectivity index (χ0v) is 13.4. The van der Waals surface area contributed by atoms with Crippen molar-refractivity contribution >= 4 is 33.3 Å². The molecule has 0 N–H and O–H groups in total. The molecule has 1 fully saturated rings. The highest BCUT2D eigenvalue weighted by Crippen LogP contribution is 2.30. The summed E-state index contributed by atoms with van der Waals surface area (Å²) in [5.74, 6) is 0.866. The third-order valence-electron chi connectivity index (χ3n) is 3.95. The first-order chi connectivity index (χ1) is 11.2. The van der Waals surface area contributed by atoms with E-state index in [4.69, 9.17) is 4.52 Å². The molecule has 1 aliphatic rings. The zero-order chi connectivity index (χ0) is 15.8. The van der Waals surface area contributed by atoms with Crippen molar-refractivity contribution in [3.05, 3.63) is 35.3 Å². The van der Waals surface area contributed by atoms with E-state index in [1.54, 1.807) is 28.6 Å². The fourth-order valence-electron chi connectivity index (χ4n) is 2.82. The Morgan fingerprint density at radius 1 is 1.26 bits per heavy atom. The Morgan fingerprint density at radius 3 is 2.83 bits per heavy atom. The Kier molecular flexibility index (Phi) is 3.45. The average Bonchev–Trinajstić information content (AvgIpc) is 3.22. The molecule has 0 bridgehead atoms. The van der Waals surface area contributed by atoms with Crippen LogP contribution >= 0.6 is 11.3 Å². The number of aromatic nitrogens is 3. The Bertz CT molecular complexity index is 837. The van der Waals surface area contributed by atoms with Gasteiger partial charge < -0.3 is 14.3 Å². The molecule has 0 saturated carbocycles. The largest absolute Gasteiger partial charge is 0.364 e. The van der Waals surface area contributed by atoms with Gasteiger partial charge >= 0.3 is 0 Å². The van der Waals surface area contributed by atoms with Gasteiger partial charge in [-0.15, -0.1) is 11.3 Å². The van der Waals surface area contributed by atoms with Crippen molar-refractivity contribution in [3.63, 3.8) is 0 Å². The number of anilines is 1. The van der Waals surface area contributed by atoms with Gasteiger partial charge in [-0.3, -0.25) is 4.79 Å². The van der Waals surface area contributed by atoms with Gasteiger partial charge in [-0.1, -0.05) is 5.16 Å². The van der Waals surface area contributed by atoms with Crippen molar-refractivity contribution in [3.8, 4) is 0 Å². The minimum absolute atomic E-state index is 0.0855. The predicted molar refractivity (Wildman–Crippen MR) is 86.8 cm³/mol. The smallest absolute Gasteiger partial charge is 0.276 e. The Balaban J connectivity index is 1.52. The molecule has 3 aromatic heterocycles. The second-order valence-electron chi connectivity index (χ2n) is 5.44. The molecule has 4 heterocycles. The fourth-order valence-corrected chi connectivity index (χ4v) is 3.66. The number of rotatable bonds is 2. The topological polar surface area (TPSA) is 75.4 Å². The molecule has 8 heteroatoms. The summed E-state index contributed by atoms with van der Waals surface area (Å²) in [7, 11) is 0. The average molecular weight is 329 g/mol. The van der Waals surface area contributed by atoms with Crippen LogP contribution in [0.5, 0.6) is 0 Å². The first kappa shape index (κ1) is 14.1. The predicted octanol–water partition coefficient (Wildman–Crippen LogP) is 1.95. The van der Waals surface area contributed by atoms with Gasteiger partial charge in [0.2, 0.25) is 0 Å². The summed E-state index contributed by atoms with van der Waals surface area (Å²) in [6.07, 6.45) is 3.03. The van der Waals surface area contributed by atoms with Gasteiger partial charge in [-0.05, 0) is 13.0 Å². The molecule has 1 aliphatic heterocycles. The summed E-state index contributed by atoms with van der Waals surface area (Å²) in [5, 5.41) is 4.80. The Morgan fingerprint density at radius 2 is 2.09 bits per heavy atom. The summed E-state index contributed by atoms with van der Waals surface area (Å²) in [6.45, 7) is 4.83. The summed E-state index contributed by atoms with van der Waals surface area (Å²) >= 11 is 1.67. The van der Waals surface area contributed by atoms with Gasteiger partial charge in [-0.25, -0.2) is 9.97 Å². The molecular weight excluding hydrogens is 314 g/mol. The van der Waals surface area contributed by atoms with E-state index in [1.807, 2.05) is 0 Å². The minimum Gasteiger partial charge on any atom is -0.364 e. The molecule has 0 spiro atoms. The lowest BCUT2D eigenvalue weighted by Gasteiger charge is -2.35. The molecule has 0 radical (unpaired) electrons. The standard InChI is InChI=1S/C15H15N5O2S/c1-10-8-11-13(16-9-17-14(11)23-10)19-3-5-20(6-4-19)15(21)12-2-7-22-18-12/h2,7-9H,3-6H2,1H3. The van der Waals surface area contributed by atoms with Crippen LogP contribution in [0, 0.1) is 6.92 Å². The molecule has 118 valence electrons. The number of carbonyl (C=O) groups is 1. The fraction of sp³-hybridized carbons (Fsp3) is 0.333. The van der Waals surface area contributed by atoms with Crippen molar-refractivity contribution < 1.29 is 9.32 Å². The number of hydrogen-bond donors (Lipinski definition) is 0. The van der Waals surface area contributed by atoms with Crippen LogP contribution in [0.2, 0.25) is 0 Å². The van der Waals surface area contributed by atoms with Crippen LogP contribution in [0.3, 0.4) is 0 Å². The highest BCUT2D eigenvalue weighted by molar-refractivity contribution is 7.18. The molecule has 0 aromatic carbocycles. The second kappa shape index (κ2) is 5.62. The van der Waals surface area contributed by atoms with Gasteiger partial charge in [0, 0.05) is 37.1 Å². The SMILES string of the molecule is Cc1cc2c(N3CCN(C(=O)c4ccon4)CC3)ncnc2s1. The maximum atomic E-state index is 12.3.